The number of hydrogen-bond donors (Lipinski definition) is 2. The first-order chi connectivity index (χ1) is 8.41. The topological polar surface area (TPSA) is 57.5 Å². The summed E-state index contributed by atoms with van der Waals surface area (Å²) in [7, 11) is 0. The average Bonchev–Trinajstić information content (AvgIpc) is 3.12. The average molecular weight is 277 g/mol. The van der Waals surface area contributed by atoms with Gasteiger partial charge < -0.3 is 10.2 Å². The molecule has 1 aromatic carbocycles. The van der Waals surface area contributed by atoms with Gasteiger partial charge in [-0.1, -0.05) is 11.6 Å². The number of rotatable bonds is 4. The van der Waals surface area contributed by atoms with Crippen LogP contribution in [0.1, 0.15) is 30.7 Å². The standard InChI is InChI=1S/C12H11ClF2O3/c13-8-3-7(10(14)11(15)12(8)18)6(4-9(16)17)5-1-2-5/h3,5-6,18H,1-2,4H2,(H,16,17). The molecule has 0 saturated heterocycles. The summed E-state index contributed by atoms with van der Waals surface area (Å²) in [6, 6.07) is 1.11. The van der Waals surface area contributed by atoms with Crippen LogP contribution in [-0.2, 0) is 4.79 Å². The van der Waals surface area contributed by atoms with Gasteiger partial charge in [0.2, 0.25) is 5.82 Å². The molecule has 0 heterocycles. The van der Waals surface area contributed by atoms with E-state index in [2.05, 4.69) is 0 Å². The van der Waals surface area contributed by atoms with Gasteiger partial charge in [-0.05, 0) is 30.4 Å². The van der Waals surface area contributed by atoms with Gasteiger partial charge in [0.25, 0.3) is 0 Å². The maximum absolute atomic E-state index is 13.7. The third-order valence-corrected chi connectivity index (χ3v) is 3.44. The molecule has 1 atom stereocenters. The summed E-state index contributed by atoms with van der Waals surface area (Å²) in [5.41, 5.74) is -0.0693. The summed E-state index contributed by atoms with van der Waals surface area (Å²) in [4.78, 5) is 10.8. The lowest BCUT2D eigenvalue weighted by Gasteiger charge is -2.16. The molecule has 98 valence electrons. The van der Waals surface area contributed by atoms with Gasteiger partial charge in [0.15, 0.2) is 11.6 Å². The number of carboxylic acid groups (broad SMARTS) is 1. The van der Waals surface area contributed by atoms with Gasteiger partial charge in [0.05, 0.1) is 11.4 Å². The van der Waals surface area contributed by atoms with Crippen molar-refractivity contribution in [3.05, 3.63) is 28.3 Å². The van der Waals surface area contributed by atoms with Crippen LogP contribution in [0.15, 0.2) is 6.07 Å². The Kier molecular flexibility index (Phi) is 3.43. The van der Waals surface area contributed by atoms with E-state index in [-0.39, 0.29) is 22.9 Å². The van der Waals surface area contributed by atoms with Gasteiger partial charge in [-0.25, -0.2) is 4.39 Å². The van der Waals surface area contributed by atoms with Gasteiger partial charge >= 0.3 is 5.97 Å². The fourth-order valence-electron chi connectivity index (χ4n) is 2.09. The van der Waals surface area contributed by atoms with Crippen LogP contribution in [0.3, 0.4) is 0 Å². The predicted molar refractivity (Wildman–Crippen MR) is 60.8 cm³/mol. The number of carbonyl (C=O) groups is 1. The van der Waals surface area contributed by atoms with E-state index in [1.807, 2.05) is 0 Å². The van der Waals surface area contributed by atoms with Crippen LogP contribution in [0.4, 0.5) is 8.78 Å². The van der Waals surface area contributed by atoms with Crippen molar-refractivity contribution < 1.29 is 23.8 Å². The van der Waals surface area contributed by atoms with Crippen LogP contribution >= 0.6 is 11.6 Å². The molecule has 0 spiro atoms. The second kappa shape index (κ2) is 4.72. The zero-order valence-corrected chi connectivity index (χ0v) is 10.0. The molecule has 3 nitrogen and oxygen atoms in total. The molecule has 1 fully saturated rings. The van der Waals surface area contributed by atoms with E-state index >= 15 is 0 Å². The number of hydrogen-bond acceptors (Lipinski definition) is 2. The zero-order valence-electron chi connectivity index (χ0n) is 9.29. The van der Waals surface area contributed by atoms with E-state index < -0.39 is 29.3 Å². The molecule has 0 bridgehead atoms. The largest absolute Gasteiger partial charge is 0.504 e. The smallest absolute Gasteiger partial charge is 0.303 e. The second-order valence-electron chi connectivity index (χ2n) is 4.47. The fraction of sp³-hybridized carbons (Fsp3) is 0.417. The van der Waals surface area contributed by atoms with E-state index in [1.54, 1.807) is 0 Å². The van der Waals surface area contributed by atoms with Crippen molar-refractivity contribution in [3.8, 4) is 5.75 Å². The fourth-order valence-corrected chi connectivity index (χ4v) is 2.29. The lowest BCUT2D eigenvalue weighted by Crippen LogP contribution is -2.11. The lowest BCUT2D eigenvalue weighted by molar-refractivity contribution is -0.137. The SMILES string of the molecule is O=C(O)CC(c1cc(Cl)c(O)c(F)c1F)C1CC1. The van der Waals surface area contributed by atoms with Gasteiger partial charge in [-0.2, -0.15) is 4.39 Å². The van der Waals surface area contributed by atoms with Crippen molar-refractivity contribution >= 4 is 17.6 Å². The third-order valence-electron chi connectivity index (χ3n) is 3.15. The highest BCUT2D eigenvalue weighted by Crippen LogP contribution is 2.47. The number of phenols is 1. The first-order valence-electron chi connectivity index (χ1n) is 5.50. The minimum atomic E-state index is -1.42. The first-order valence-corrected chi connectivity index (χ1v) is 5.87. The molecule has 18 heavy (non-hydrogen) atoms. The number of aliphatic carboxylic acids is 1. The van der Waals surface area contributed by atoms with Crippen LogP contribution < -0.4 is 0 Å². The van der Waals surface area contributed by atoms with Crippen LogP contribution in [0, 0.1) is 17.6 Å². The molecule has 1 aliphatic carbocycles. The molecule has 2 rings (SSSR count). The normalized spacial score (nSPS) is 16.6. The summed E-state index contributed by atoms with van der Waals surface area (Å²) < 4.78 is 27.1. The van der Waals surface area contributed by atoms with Gasteiger partial charge in [-0.15, -0.1) is 0 Å². The molecule has 0 aliphatic heterocycles. The monoisotopic (exact) mass is 276 g/mol. The Morgan fingerprint density at radius 1 is 1.44 bits per heavy atom. The summed E-state index contributed by atoms with van der Waals surface area (Å²) in [5, 5.41) is 17.7. The van der Waals surface area contributed by atoms with Crippen molar-refractivity contribution in [3.63, 3.8) is 0 Å². The number of aromatic hydroxyl groups is 1. The second-order valence-corrected chi connectivity index (χ2v) is 4.87. The van der Waals surface area contributed by atoms with Crippen molar-refractivity contribution in [1.82, 2.24) is 0 Å². The van der Waals surface area contributed by atoms with Crippen molar-refractivity contribution in [1.29, 1.82) is 0 Å². The molecule has 6 heteroatoms. The Morgan fingerprint density at radius 2 is 2.06 bits per heavy atom. The van der Waals surface area contributed by atoms with Crippen LogP contribution in [-0.4, -0.2) is 16.2 Å². The summed E-state index contributed by atoms with van der Waals surface area (Å²) >= 11 is 5.59. The van der Waals surface area contributed by atoms with E-state index in [0.29, 0.717) is 0 Å². The maximum atomic E-state index is 13.7. The molecule has 0 amide bonds. The van der Waals surface area contributed by atoms with E-state index in [1.165, 1.54) is 0 Å². The summed E-state index contributed by atoms with van der Waals surface area (Å²) in [6.07, 6.45) is 1.30. The summed E-state index contributed by atoms with van der Waals surface area (Å²) in [5.74, 6) is -5.21. The molecular weight excluding hydrogens is 266 g/mol. The van der Waals surface area contributed by atoms with Crippen molar-refractivity contribution in [2.24, 2.45) is 5.92 Å². The van der Waals surface area contributed by atoms with E-state index in [4.69, 9.17) is 21.8 Å². The number of benzene rings is 1. The van der Waals surface area contributed by atoms with Gasteiger partial charge in [0.1, 0.15) is 0 Å². The van der Waals surface area contributed by atoms with Crippen LogP contribution in [0.25, 0.3) is 0 Å². The van der Waals surface area contributed by atoms with Crippen molar-refractivity contribution in [2.45, 2.75) is 25.2 Å². The quantitative estimate of drug-likeness (QED) is 0.830. The molecule has 1 aliphatic rings. The molecule has 1 unspecified atom stereocenters. The van der Waals surface area contributed by atoms with Crippen molar-refractivity contribution in [2.75, 3.05) is 0 Å². The zero-order chi connectivity index (χ0) is 13.4. The van der Waals surface area contributed by atoms with E-state index in [9.17, 15) is 13.6 Å². The molecular formula is C12H11ClF2O3. The van der Waals surface area contributed by atoms with Crippen LogP contribution in [0.5, 0.6) is 5.75 Å². The number of halogens is 3. The molecule has 2 N–H and O–H groups in total. The van der Waals surface area contributed by atoms with Crippen LogP contribution in [0.2, 0.25) is 5.02 Å². The Bertz CT molecular complexity index is 501. The first kappa shape index (κ1) is 13.1. The Hall–Kier alpha value is -1.36. The highest BCUT2D eigenvalue weighted by Gasteiger charge is 2.36. The third kappa shape index (κ3) is 2.41. The molecule has 0 aromatic heterocycles. The number of phenolic OH excluding ortho intramolecular Hbond substituents is 1. The maximum Gasteiger partial charge on any atom is 0.303 e. The number of carboxylic acids is 1. The minimum absolute atomic E-state index is 0.0376. The molecule has 1 saturated carbocycles. The minimum Gasteiger partial charge on any atom is -0.504 e. The lowest BCUT2D eigenvalue weighted by atomic mass is 9.90. The van der Waals surface area contributed by atoms with Gasteiger partial charge in [-0.3, -0.25) is 4.79 Å². The Labute approximate surface area is 107 Å². The summed E-state index contributed by atoms with van der Waals surface area (Å²) in [6.45, 7) is 0. The highest BCUT2D eigenvalue weighted by molar-refractivity contribution is 6.32. The Balaban J connectivity index is 2.44. The Morgan fingerprint density at radius 3 is 2.56 bits per heavy atom. The highest BCUT2D eigenvalue weighted by atomic mass is 35.5. The van der Waals surface area contributed by atoms with E-state index in [0.717, 1.165) is 18.9 Å². The van der Waals surface area contributed by atoms with Gasteiger partial charge in [0, 0.05) is 5.92 Å². The predicted octanol–water partition coefficient (Wildman–Crippen LogP) is 3.29. The molecule has 0 radical (unpaired) electrons. The molecule has 1 aromatic rings.